The molecule has 2 aromatic rings. The molecule has 160 valence electrons. The lowest BCUT2D eigenvalue weighted by molar-refractivity contribution is -0.150. The molecule has 1 unspecified atom stereocenters. The standard InChI is InChI=1S/C20H21ClFN3O5/c1-28-10-15-24-25-18(30-15)20-6-4-19(5-7-20,9-14(20)26)16(17(23)27)29-11-2-3-12(21)13(22)8-11/h2-3,8,16H,4-7,9-10H2,1H3,(H2,23,27). The van der Waals surface area contributed by atoms with Gasteiger partial charge in [0, 0.05) is 25.0 Å². The van der Waals surface area contributed by atoms with Crippen molar-refractivity contribution in [2.75, 3.05) is 7.11 Å². The van der Waals surface area contributed by atoms with E-state index < -0.39 is 28.7 Å². The number of primary amides is 1. The van der Waals surface area contributed by atoms with Crippen LogP contribution in [0.3, 0.4) is 0 Å². The zero-order valence-corrected chi connectivity index (χ0v) is 17.1. The average molecular weight is 438 g/mol. The molecule has 2 bridgehead atoms. The van der Waals surface area contributed by atoms with E-state index in [0.717, 1.165) is 6.07 Å². The minimum atomic E-state index is -1.08. The first kappa shape index (κ1) is 20.7. The Morgan fingerprint density at radius 2 is 2.07 bits per heavy atom. The van der Waals surface area contributed by atoms with Crippen LogP contribution < -0.4 is 10.5 Å². The van der Waals surface area contributed by atoms with Crippen LogP contribution in [-0.4, -0.2) is 35.1 Å². The molecule has 1 amide bonds. The third kappa shape index (κ3) is 3.35. The Morgan fingerprint density at radius 3 is 2.67 bits per heavy atom. The number of hydrogen-bond donors (Lipinski definition) is 1. The van der Waals surface area contributed by atoms with Gasteiger partial charge in [0.15, 0.2) is 6.10 Å². The normalized spacial score (nSPS) is 26.6. The second-order valence-electron chi connectivity index (χ2n) is 7.95. The van der Waals surface area contributed by atoms with E-state index in [1.54, 1.807) is 0 Å². The number of amides is 1. The minimum Gasteiger partial charge on any atom is -0.480 e. The van der Waals surface area contributed by atoms with Crippen LogP contribution in [-0.2, 0) is 26.3 Å². The van der Waals surface area contributed by atoms with Gasteiger partial charge in [-0.25, -0.2) is 4.39 Å². The van der Waals surface area contributed by atoms with Crippen molar-refractivity contribution >= 4 is 23.3 Å². The Hall–Kier alpha value is -2.52. The van der Waals surface area contributed by atoms with E-state index in [1.807, 2.05) is 0 Å². The van der Waals surface area contributed by atoms with Crippen LogP contribution in [0, 0.1) is 11.2 Å². The van der Waals surface area contributed by atoms with E-state index in [9.17, 15) is 14.0 Å². The third-order valence-corrected chi connectivity index (χ3v) is 6.56. The fourth-order valence-corrected chi connectivity index (χ4v) is 4.72. The molecular formula is C20H21ClFN3O5. The van der Waals surface area contributed by atoms with Crippen LogP contribution in [0.15, 0.2) is 22.6 Å². The molecule has 1 heterocycles. The molecule has 3 fully saturated rings. The van der Waals surface area contributed by atoms with E-state index >= 15 is 0 Å². The summed E-state index contributed by atoms with van der Waals surface area (Å²) >= 11 is 5.71. The summed E-state index contributed by atoms with van der Waals surface area (Å²) in [7, 11) is 1.51. The van der Waals surface area contributed by atoms with Gasteiger partial charge in [0.05, 0.1) is 5.02 Å². The smallest absolute Gasteiger partial charge is 0.259 e. The van der Waals surface area contributed by atoms with Crippen LogP contribution in [0.25, 0.3) is 0 Å². The molecule has 1 aromatic carbocycles. The molecule has 3 aliphatic carbocycles. The summed E-state index contributed by atoms with van der Waals surface area (Å²) in [6.07, 6.45) is 0.880. The number of fused-ring (bicyclic) bond motifs is 3. The Morgan fingerprint density at radius 1 is 1.33 bits per heavy atom. The fraction of sp³-hybridized carbons (Fsp3) is 0.500. The fourth-order valence-electron chi connectivity index (χ4n) is 4.61. The van der Waals surface area contributed by atoms with Crippen LogP contribution >= 0.6 is 11.6 Å². The minimum absolute atomic E-state index is 0.0566. The molecule has 0 saturated heterocycles. The first-order valence-corrected chi connectivity index (χ1v) is 9.94. The SMILES string of the molecule is COCc1nnc(C23CCC(C(Oc4ccc(Cl)c(F)c4)C(N)=O)(CC2)CC3=O)o1. The summed E-state index contributed by atoms with van der Waals surface area (Å²) in [4.78, 5) is 25.5. The maximum atomic E-state index is 13.8. The number of halogens is 2. The van der Waals surface area contributed by atoms with E-state index in [4.69, 9.17) is 31.2 Å². The van der Waals surface area contributed by atoms with Gasteiger partial charge in [-0.3, -0.25) is 9.59 Å². The highest BCUT2D eigenvalue weighted by molar-refractivity contribution is 6.30. The number of benzene rings is 1. The van der Waals surface area contributed by atoms with Gasteiger partial charge in [-0.1, -0.05) is 11.6 Å². The van der Waals surface area contributed by atoms with Crippen LogP contribution in [0.5, 0.6) is 5.75 Å². The molecule has 1 aromatic heterocycles. The molecule has 0 aliphatic heterocycles. The zero-order valence-electron chi connectivity index (χ0n) is 16.3. The van der Waals surface area contributed by atoms with Gasteiger partial charge in [-0.05, 0) is 37.8 Å². The Balaban J connectivity index is 1.59. The van der Waals surface area contributed by atoms with Crippen LogP contribution in [0.4, 0.5) is 4.39 Å². The lowest BCUT2D eigenvalue weighted by atomic mass is 9.51. The summed E-state index contributed by atoms with van der Waals surface area (Å²) in [5, 5.41) is 7.95. The summed E-state index contributed by atoms with van der Waals surface area (Å²) in [6.45, 7) is 0.163. The van der Waals surface area contributed by atoms with Crippen molar-refractivity contribution in [2.24, 2.45) is 11.1 Å². The highest BCUT2D eigenvalue weighted by Crippen LogP contribution is 2.57. The predicted molar refractivity (Wildman–Crippen MR) is 102 cm³/mol. The van der Waals surface area contributed by atoms with Gasteiger partial charge in [-0.2, -0.15) is 0 Å². The van der Waals surface area contributed by atoms with Crippen molar-refractivity contribution in [1.29, 1.82) is 0 Å². The predicted octanol–water partition coefficient (Wildman–Crippen LogP) is 2.71. The van der Waals surface area contributed by atoms with Gasteiger partial charge in [0.25, 0.3) is 5.91 Å². The summed E-state index contributed by atoms with van der Waals surface area (Å²) in [5.74, 6) is -0.742. The van der Waals surface area contributed by atoms with E-state index in [0.29, 0.717) is 31.6 Å². The van der Waals surface area contributed by atoms with Gasteiger partial charge in [0.1, 0.15) is 29.4 Å². The number of nitrogens with zero attached hydrogens (tertiary/aromatic N) is 2. The number of hydrogen-bond acceptors (Lipinski definition) is 7. The molecule has 10 heteroatoms. The largest absolute Gasteiger partial charge is 0.480 e. The number of rotatable bonds is 7. The maximum Gasteiger partial charge on any atom is 0.259 e. The average Bonchev–Trinajstić information content (AvgIpc) is 3.19. The molecule has 2 N–H and O–H groups in total. The molecule has 5 rings (SSSR count). The number of ketones is 1. The molecule has 3 aliphatic rings. The first-order chi connectivity index (χ1) is 14.3. The molecular weight excluding hydrogens is 417 g/mol. The van der Waals surface area contributed by atoms with Crippen molar-refractivity contribution in [3.8, 4) is 5.75 Å². The molecule has 0 spiro atoms. The highest BCUT2D eigenvalue weighted by atomic mass is 35.5. The van der Waals surface area contributed by atoms with Gasteiger partial charge in [0.2, 0.25) is 11.8 Å². The second kappa shape index (κ2) is 7.63. The molecule has 3 saturated carbocycles. The van der Waals surface area contributed by atoms with Crippen LogP contribution in [0.2, 0.25) is 5.02 Å². The number of carbonyl (C=O) groups is 2. The Labute approximate surface area is 176 Å². The number of aromatic nitrogens is 2. The number of nitrogens with two attached hydrogens (primary N) is 1. The quantitative estimate of drug-likeness (QED) is 0.707. The van der Waals surface area contributed by atoms with Crippen molar-refractivity contribution in [1.82, 2.24) is 10.2 Å². The molecule has 1 atom stereocenters. The molecule has 8 nitrogen and oxygen atoms in total. The number of ether oxygens (including phenoxy) is 2. The van der Waals surface area contributed by atoms with Crippen LogP contribution in [0.1, 0.15) is 43.9 Å². The molecule has 0 radical (unpaired) electrons. The Bertz CT molecular complexity index is 987. The van der Waals surface area contributed by atoms with Crippen molar-refractivity contribution in [2.45, 2.75) is 50.2 Å². The lowest BCUT2D eigenvalue weighted by Crippen LogP contribution is -2.59. The molecule has 30 heavy (non-hydrogen) atoms. The van der Waals surface area contributed by atoms with E-state index in [-0.39, 0.29) is 35.5 Å². The van der Waals surface area contributed by atoms with Gasteiger partial charge >= 0.3 is 0 Å². The summed E-state index contributed by atoms with van der Waals surface area (Å²) in [6, 6.07) is 3.90. The van der Waals surface area contributed by atoms with Crippen molar-refractivity contribution in [3.05, 3.63) is 40.8 Å². The number of Topliss-reactive ketones (excluding diaryl/α,β-unsaturated/α-hetero) is 1. The number of methoxy groups -OCH3 is 1. The monoisotopic (exact) mass is 437 g/mol. The zero-order chi connectivity index (χ0) is 21.5. The lowest BCUT2D eigenvalue weighted by Gasteiger charge is -2.52. The maximum absolute atomic E-state index is 13.8. The topological polar surface area (TPSA) is 118 Å². The summed E-state index contributed by atoms with van der Waals surface area (Å²) in [5.41, 5.74) is 4.00. The Kier molecular flexibility index (Phi) is 5.27. The third-order valence-electron chi connectivity index (χ3n) is 6.25. The first-order valence-electron chi connectivity index (χ1n) is 9.56. The van der Waals surface area contributed by atoms with E-state index in [2.05, 4.69) is 10.2 Å². The van der Waals surface area contributed by atoms with Gasteiger partial charge in [-0.15, -0.1) is 10.2 Å². The summed E-state index contributed by atoms with van der Waals surface area (Å²) < 4.78 is 30.3. The van der Waals surface area contributed by atoms with E-state index in [1.165, 1.54) is 19.2 Å². The highest BCUT2D eigenvalue weighted by Gasteiger charge is 2.61. The van der Waals surface area contributed by atoms with Crippen molar-refractivity contribution < 1.29 is 27.9 Å². The second-order valence-corrected chi connectivity index (χ2v) is 8.36. The van der Waals surface area contributed by atoms with Gasteiger partial charge < -0.3 is 19.6 Å². The van der Waals surface area contributed by atoms with Crippen molar-refractivity contribution in [3.63, 3.8) is 0 Å². The number of carbonyl (C=O) groups excluding carboxylic acids is 2.